The number of hydrogen-bond acceptors (Lipinski definition) is 3. The Morgan fingerprint density at radius 1 is 1.05 bits per heavy atom. The smallest absolute Gasteiger partial charge is 0.161 e. The van der Waals surface area contributed by atoms with Crippen LogP contribution in [0.3, 0.4) is 0 Å². The van der Waals surface area contributed by atoms with Crippen LogP contribution in [-0.4, -0.2) is 19.8 Å². The Hall–Kier alpha value is -2.00. The van der Waals surface area contributed by atoms with E-state index in [1.807, 2.05) is 6.07 Å². The van der Waals surface area contributed by atoms with E-state index in [9.17, 15) is 0 Å². The largest absolute Gasteiger partial charge is 0.486 e. The summed E-state index contributed by atoms with van der Waals surface area (Å²) in [5, 5.41) is 0. The predicted molar refractivity (Wildman–Crippen MR) is 84.1 cm³/mol. The summed E-state index contributed by atoms with van der Waals surface area (Å²) in [6.45, 7) is 4.00. The van der Waals surface area contributed by atoms with Gasteiger partial charge in [0.2, 0.25) is 0 Å². The van der Waals surface area contributed by atoms with Crippen LogP contribution in [0.4, 0.5) is 0 Å². The van der Waals surface area contributed by atoms with E-state index in [1.165, 1.54) is 16.7 Å². The molecule has 3 rings (SSSR count). The van der Waals surface area contributed by atoms with Crippen molar-refractivity contribution in [3.8, 4) is 11.5 Å². The summed E-state index contributed by atoms with van der Waals surface area (Å²) in [6.07, 6.45) is 0.947. The number of ether oxygens (including phenoxy) is 2. The van der Waals surface area contributed by atoms with Gasteiger partial charge in [0.05, 0.1) is 0 Å². The van der Waals surface area contributed by atoms with Crippen molar-refractivity contribution in [3.05, 3.63) is 59.2 Å². The number of benzene rings is 2. The molecular weight excluding hydrogens is 262 g/mol. The van der Waals surface area contributed by atoms with E-state index < -0.39 is 0 Å². The summed E-state index contributed by atoms with van der Waals surface area (Å²) < 4.78 is 11.2. The second kappa shape index (κ2) is 6.19. The molecule has 0 fully saturated rings. The van der Waals surface area contributed by atoms with Gasteiger partial charge in [-0.1, -0.05) is 30.3 Å². The van der Waals surface area contributed by atoms with E-state index in [2.05, 4.69) is 43.3 Å². The molecule has 0 aliphatic carbocycles. The van der Waals surface area contributed by atoms with Crippen LogP contribution in [0.5, 0.6) is 11.5 Å². The molecule has 1 aliphatic heterocycles. The first-order chi connectivity index (χ1) is 10.3. The van der Waals surface area contributed by atoms with Gasteiger partial charge in [-0.05, 0) is 48.7 Å². The molecule has 0 radical (unpaired) electrons. The van der Waals surface area contributed by atoms with Gasteiger partial charge >= 0.3 is 0 Å². The Kier molecular flexibility index (Phi) is 4.11. The van der Waals surface area contributed by atoms with Crippen molar-refractivity contribution in [1.82, 2.24) is 0 Å². The highest BCUT2D eigenvalue weighted by molar-refractivity contribution is 5.45. The van der Waals surface area contributed by atoms with Gasteiger partial charge in [-0.2, -0.15) is 0 Å². The van der Waals surface area contributed by atoms with Crippen molar-refractivity contribution in [2.75, 3.05) is 19.8 Å². The average Bonchev–Trinajstić information content (AvgIpc) is 2.54. The summed E-state index contributed by atoms with van der Waals surface area (Å²) >= 11 is 0. The molecule has 3 heteroatoms. The first-order valence-electron chi connectivity index (χ1n) is 7.42. The zero-order valence-corrected chi connectivity index (χ0v) is 12.3. The molecule has 0 saturated heterocycles. The quantitative estimate of drug-likeness (QED) is 0.938. The lowest BCUT2D eigenvalue weighted by Crippen LogP contribution is -2.18. The zero-order valence-electron chi connectivity index (χ0n) is 12.3. The second-order valence-electron chi connectivity index (χ2n) is 5.47. The Morgan fingerprint density at radius 3 is 2.57 bits per heavy atom. The van der Waals surface area contributed by atoms with Gasteiger partial charge in [0.1, 0.15) is 13.2 Å². The molecule has 1 unspecified atom stereocenters. The highest BCUT2D eigenvalue weighted by Crippen LogP contribution is 2.34. The van der Waals surface area contributed by atoms with Gasteiger partial charge in [-0.3, -0.25) is 0 Å². The van der Waals surface area contributed by atoms with Gasteiger partial charge in [0.25, 0.3) is 0 Å². The maximum absolute atomic E-state index is 6.01. The van der Waals surface area contributed by atoms with Gasteiger partial charge in [0, 0.05) is 5.92 Å². The number of rotatable bonds is 4. The van der Waals surface area contributed by atoms with Crippen LogP contribution in [0.1, 0.15) is 22.6 Å². The Bertz CT molecular complexity index is 624. The monoisotopic (exact) mass is 283 g/mol. The first kappa shape index (κ1) is 14.0. The van der Waals surface area contributed by atoms with Crippen LogP contribution in [0, 0.1) is 6.92 Å². The minimum Gasteiger partial charge on any atom is -0.486 e. The molecule has 0 bridgehead atoms. The van der Waals surface area contributed by atoms with Crippen LogP contribution in [-0.2, 0) is 6.42 Å². The summed E-state index contributed by atoms with van der Waals surface area (Å²) in [5.41, 5.74) is 9.88. The molecule has 0 spiro atoms. The average molecular weight is 283 g/mol. The first-order valence-corrected chi connectivity index (χ1v) is 7.42. The zero-order chi connectivity index (χ0) is 14.7. The van der Waals surface area contributed by atoms with Crippen LogP contribution >= 0.6 is 0 Å². The van der Waals surface area contributed by atoms with E-state index in [1.54, 1.807) is 0 Å². The Balaban J connectivity index is 1.85. The molecule has 2 aromatic rings. The maximum Gasteiger partial charge on any atom is 0.161 e. The lowest BCUT2D eigenvalue weighted by molar-refractivity contribution is 0.171. The van der Waals surface area contributed by atoms with Gasteiger partial charge in [-0.15, -0.1) is 0 Å². The van der Waals surface area contributed by atoms with Crippen LogP contribution < -0.4 is 15.2 Å². The lowest BCUT2D eigenvalue weighted by atomic mass is 9.90. The topological polar surface area (TPSA) is 44.5 Å². The molecule has 2 N–H and O–H groups in total. The van der Waals surface area contributed by atoms with E-state index in [-0.39, 0.29) is 0 Å². The Morgan fingerprint density at radius 2 is 1.81 bits per heavy atom. The van der Waals surface area contributed by atoms with E-state index in [0.717, 1.165) is 17.9 Å². The number of nitrogens with two attached hydrogens (primary N) is 1. The molecule has 1 aliphatic rings. The fourth-order valence-electron chi connectivity index (χ4n) is 2.76. The standard InChI is InChI=1S/C18H21NO2/c1-13-4-2-3-5-14(13)10-16(12-19)15-6-7-17-18(11-15)21-9-8-20-17/h2-7,11,16H,8-10,12,19H2,1H3. The highest BCUT2D eigenvalue weighted by Gasteiger charge is 2.17. The molecule has 21 heavy (non-hydrogen) atoms. The SMILES string of the molecule is Cc1ccccc1CC(CN)c1ccc2c(c1)OCCO2. The lowest BCUT2D eigenvalue weighted by Gasteiger charge is -2.22. The normalized spacial score (nSPS) is 14.8. The number of fused-ring (bicyclic) bond motifs is 1. The van der Waals surface area contributed by atoms with Crippen molar-refractivity contribution >= 4 is 0 Å². The predicted octanol–water partition coefficient (Wildman–Crippen LogP) is 3.05. The minimum atomic E-state index is 0.293. The molecule has 1 heterocycles. The van der Waals surface area contributed by atoms with E-state index in [0.29, 0.717) is 25.7 Å². The molecule has 1 atom stereocenters. The van der Waals surface area contributed by atoms with Crippen LogP contribution in [0.25, 0.3) is 0 Å². The summed E-state index contributed by atoms with van der Waals surface area (Å²) in [7, 11) is 0. The van der Waals surface area contributed by atoms with Crippen LogP contribution in [0.15, 0.2) is 42.5 Å². The van der Waals surface area contributed by atoms with Gasteiger partial charge in [0.15, 0.2) is 11.5 Å². The van der Waals surface area contributed by atoms with Gasteiger partial charge in [-0.25, -0.2) is 0 Å². The van der Waals surface area contributed by atoms with E-state index >= 15 is 0 Å². The molecule has 0 saturated carbocycles. The third-order valence-corrected chi connectivity index (χ3v) is 4.05. The fourth-order valence-corrected chi connectivity index (χ4v) is 2.76. The van der Waals surface area contributed by atoms with Crippen molar-refractivity contribution in [2.45, 2.75) is 19.3 Å². The molecule has 3 nitrogen and oxygen atoms in total. The van der Waals surface area contributed by atoms with Crippen molar-refractivity contribution in [3.63, 3.8) is 0 Å². The van der Waals surface area contributed by atoms with Crippen molar-refractivity contribution < 1.29 is 9.47 Å². The molecule has 0 amide bonds. The second-order valence-corrected chi connectivity index (χ2v) is 5.47. The molecule has 2 aromatic carbocycles. The highest BCUT2D eigenvalue weighted by atomic mass is 16.6. The fraction of sp³-hybridized carbons (Fsp3) is 0.333. The number of hydrogen-bond donors (Lipinski definition) is 1. The summed E-state index contributed by atoms with van der Waals surface area (Å²) in [4.78, 5) is 0. The van der Waals surface area contributed by atoms with Crippen molar-refractivity contribution in [2.24, 2.45) is 5.73 Å². The van der Waals surface area contributed by atoms with E-state index in [4.69, 9.17) is 15.2 Å². The number of aryl methyl sites for hydroxylation is 1. The summed E-state index contributed by atoms with van der Waals surface area (Å²) in [5.74, 6) is 1.96. The minimum absolute atomic E-state index is 0.293. The van der Waals surface area contributed by atoms with Crippen molar-refractivity contribution in [1.29, 1.82) is 0 Å². The van der Waals surface area contributed by atoms with Crippen LogP contribution in [0.2, 0.25) is 0 Å². The summed E-state index contributed by atoms with van der Waals surface area (Å²) in [6, 6.07) is 14.6. The maximum atomic E-state index is 6.01. The molecular formula is C18H21NO2. The molecule has 0 aromatic heterocycles. The third-order valence-electron chi connectivity index (χ3n) is 4.05. The molecule has 110 valence electrons. The third kappa shape index (κ3) is 3.03. The van der Waals surface area contributed by atoms with Gasteiger partial charge < -0.3 is 15.2 Å². The Labute approximate surface area is 125 Å².